The molecule has 3 rings (SSSR count). The van der Waals surface area contributed by atoms with Gasteiger partial charge in [0.15, 0.2) is 0 Å². The molecule has 1 aliphatic rings. The van der Waals surface area contributed by atoms with E-state index in [9.17, 15) is 4.79 Å². The van der Waals surface area contributed by atoms with E-state index in [0.717, 1.165) is 16.8 Å². The number of nitrogens with zero attached hydrogens (tertiary/aromatic N) is 2. The lowest BCUT2D eigenvalue weighted by molar-refractivity contribution is 0.0702. The second-order valence-electron chi connectivity index (χ2n) is 5.69. The monoisotopic (exact) mass is 289 g/mol. The van der Waals surface area contributed by atoms with Crippen LogP contribution in [0.3, 0.4) is 0 Å². The van der Waals surface area contributed by atoms with Gasteiger partial charge in [0.1, 0.15) is 10.4 Å². The van der Waals surface area contributed by atoms with E-state index in [1.54, 1.807) is 6.20 Å². The first-order chi connectivity index (χ1) is 9.58. The van der Waals surface area contributed by atoms with Gasteiger partial charge in [0, 0.05) is 18.8 Å². The number of nitrogen functional groups attached to an aromatic ring is 1. The van der Waals surface area contributed by atoms with Crippen molar-refractivity contribution in [2.45, 2.75) is 32.7 Å². The Morgan fingerprint density at radius 3 is 2.90 bits per heavy atom. The molecule has 1 aliphatic carbocycles. The normalized spacial score (nSPS) is 14.9. The summed E-state index contributed by atoms with van der Waals surface area (Å²) in [5.74, 6) is 0.725. The van der Waals surface area contributed by atoms with Crippen molar-refractivity contribution in [1.82, 2.24) is 9.88 Å². The highest BCUT2D eigenvalue weighted by molar-refractivity contribution is 7.21. The van der Waals surface area contributed by atoms with Crippen LogP contribution in [0.15, 0.2) is 18.3 Å². The minimum absolute atomic E-state index is 0.0485. The zero-order valence-electron chi connectivity index (χ0n) is 11.8. The number of hydrogen-bond donors (Lipinski definition) is 1. The quantitative estimate of drug-likeness (QED) is 0.940. The second-order valence-corrected chi connectivity index (χ2v) is 6.74. The Balaban J connectivity index is 1.95. The Kier molecular flexibility index (Phi) is 3.38. The van der Waals surface area contributed by atoms with E-state index < -0.39 is 0 Å². The van der Waals surface area contributed by atoms with Crippen LogP contribution in [0.5, 0.6) is 0 Å². The van der Waals surface area contributed by atoms with Crippen LogP contribution in [-0.4, -0.2) is 28.4 Å². The summed E-state index contributed by atoms with van der Waals surface area (Å²) in [6.45, 7) is 4.96. The first kappa shape index (κ1) is 13.4. The molecule has 5 heteroatoms. The van der Waals surface area contributed by atoms with Crippen LogP contribution in [0.2, 0.25) is 0 Å². The van der Waals surface area contributed by atoms with Crippen molar-refractivity contribution in [3.63, 3.8) is 0 Å². The van der Waals surface area contributed by atoms with Crippen LogP contribution in [-0.2, 0) is 0 Å². The molecule has 2 N–H and O–H groups in total. The van der Waals surface area contributed by atoms with E-state index in [2.05, 4.69) is 18.8 Å². The largest absolute Gasteiger partial charge is 0.396 e. The van der Waals surface area contributed by atoms with E-state index in [1.165, 1.54) is 24.2 Å². The molecule has 0 aromatic carbocycles. The van der Waals surface area contributed by atoms with Gasteiger partial charge in [0.05, 0.1) is 10.4 Å². The molecule has 1 amide bonds. The zero-order valence-corrected chi connectivity index (χ0v) is 12.6. The van der Waals surface area contributed by atoms with Crippen molar-refractivity contribution >= 4 is 33.1 Å². The highest BCUT2D eigenvalue weighted by Gasteiger charge is 2.30. The number of hydrogen-bond acceptors (Lipinski definition) is 4. The fourth-order valence-corrected chi connectivity index (χ4v) is 3.38. The van der Waals surface area contributed by atoms with Gasteiger partial charge >= 0.3 is 0 Å². The van der Waals surface area contributed by atoms with Gasteiger partial charge in [-0.25, -0.2) is 0 Å². The summed E-state index contributed by atoms with van der Waals surface area (Å²) in [6, 6.07) is 4.03. The van der Waals surface area contributed by atoms with Gasteiger partial charge in [-0.2, -0.15) is 0 Å². The molecule has 0 unspecified atom stereocenters. The average molecular weight is 289 g/mol. The van der Waals surface area contributed by atoms with Crippen molar-refractivity contribution in [1.29, 1.82) is 0 Å². The second kappa shape index (κ2) is 5.05. The molecular formula is C15H19N3OS. The number of amides is 1. The maximum atomic E-state index is 12.8. The highest BCUT2D eigenvalue weighted by Crippen LogP contribution is 2.35. The summed E-state index contributed by atoms with van der Waals surface area (Å²) in [7, 11) is 0. The molecule has 1 fully saturated rings. The lowest BCUT2D eigenvalue weighted by atomic mass is 10.2. The Bertz CT molecular complexity index is 646. The van der Waals surface area contributed by atoms with Crippen LogP contribution in [0.25, 0.3) is 10.2 Å². The molecule has 2 heterocycles. The van der Waals surface area contributed by atoms with Gasteiger partial charge in [-0.3, -0.25) is 9.78 Å². The van der Waals surface area contributed by atoms with E-state index in [1.807, 2.05) is 17.0 Å². The number of carbonyl (C=O) groups is 1. The molecule has 4 nitrogen and oxygen atoms in total. The summed E-state index contributed by atoms with van der Waals surface area (Å²) >= 11 is 1.45. The standard InChI is InChI=1S/C15H19N3OS/c1-9(2)18(8-10-5-6-10)15(19)14-12(16)13-11(20-14)4-3-7-17-13/h3-4,7,9-10H,5-6,8,16H2,1-2H3. The first-order valence-electron chi connectivity index (χ1n) is 7.02. The van der Waals surface area contributed by atoms with E-state index in [4.69, 9.17) is 5.73 Å². The van der Waals surface area contributed by atoms with Gasteiger partial charge in [0.2, 0.25) is 0 Å². The van der Waals surface area contributed by atoms with Crippen molar-refractivity contribution < 1.29 is 4.79 Å². The third-order valence-electron chi connectivity index (χ3n) is 3.71. The Hall–Kier alpha value is -1.62. The van der Waals surface area contributed by atoms with E-state index in [-0.39, 0.29) is 11.9 Å². The fourth-order valence-electron chi connectivity index (χ4n) is 2.34. The predicted octanol–water partition coefficient (Wildman–Crippen LogP) is 3.14. The number of anilines is 1. The summed E-state index contributed by atoms with van der Waals surface area (Å²) in [5.41, 5.74) is 7.40. The molecule has 0 radical (unpaired) electrons. The van der Waals surface area contributed by atoms with Crippen LogP contribution in [0.4, 0.5) is 5.69 Å². The van der Waals surface area contributed by atoms with Gasteiger partial charge in [-0.15, -0.1) is 11.3 Å². The minimum Gasteiger partial charge on any atom is -0.396 e. The third-order valence-corrected chi connectivity index (χ3v) is 4.86. The summed E-state index contributed by atoms with van der Waals surface area (Å²) in [4.78, 5) is 19.6. The third kappa shape index (κ3) is 2.38. The molecule has 0 saturated heterocycles. The Morgan fingerprint density at radius 2 is 2.30 bits per heavy atom. The van der Waals surface area contributed by atoms with Crippen LogP contribution >= 0.6 is 11.3 Å². The molecule has 20 heavy (non-hydrogen) atoms. The van der Waals surface area contributed by atoms with Crippen molar-refractivity contribution in [3.8, 4) is 0 Å². The van der Waals surface area contributed by atoms with Crippen LogP contribution < -0.4 is 5.73 Å². The zero-order chi connectivity index (χ0) is 14.3. The van der Waals surface area contributed by atoms with Gasteiger partial charge in [0.25, 0.3) is 5.91 Å². The molecule has 0 atom stereocenters. The SMILES string of the molecule is CC(C)N(CC1CC1)C(=O)c1sc2cccnc2c1N. The molecule has 2 aromatic heterocycles. The molecule has 1 saturated carbocycles. The Labute approximate surface area is 122 Å². The molecule has 0 aliphatic heterocycles. The number of carbonyl (C=O) groups excluding carboxylic acids is 1. The number of rotatable bonds is 4. The van der Waals surface area contributed by atoms with Crippen LogP contribution in [0, 0.1) is 5.92 Å². The number of thiophene rings is 1. The summed E-state index contributed by atoms with van der Waals surface area (Å²) < 4.78 is 0.975. The number of aromatic nitrogens is 1. The fraction of sp³-hybridized carbons (Fsp3) is 0.467. The molecular weight excluding hydrogens is 270 g/mol. The first-order valence-corrected chi connectivity index (χ1v) is 7.83. The van der Waals surface area contributed by atoms with E-state index in [0.29, 0.717) is 16.5 Å². The maximum absolute atomic E-state index is 12.8. The molecule has 106 valence electrons. The average Bonchev–Trinajstić information content (AvgIpc) is 3.19. The number of pyridine rings is 1. The Morgan fingerprint density at radius 1 is 1.55 bits per heavy atom. The van der Waals surface area contributed by atoms with E-state index >= 15 is 0 Å². The lowest BCUT2D eigenvalue weighted by Gasteiger charge is -2.26. The predicted molar refractivity (Wildman–Crippen MR) is 82.9 cm³/mol. The van der Waals surface area contributed by atoms with Gasteiger partial charge < -0.3 is 10.6 Å². The van der Waals surface area contributed by atoms with Crippen molar-refractivity contribution in [3.05, 3.63) is 23.2 Å². The summed E-state index contributed by atoms with van der Waals surface area (Å²) in [5, 5.41) is 0. The van der Waals surface area contributed by atoms with Crippen molar-refractivity contribution in [2.24, 2.45) is 5.92 Å². The highest BCUT2D eigenvalue weighted by atomic mass is 32.1. The smallest absolute Gasteiger partial charge is 0.266 e. The molecule has 2 aromatic rings. The number of nitrogens with two attached hydrogens (primary N) is 1. The van der Waals surface area contributed by atoms with Gasteiger partial charge in [-0.1, -0.05) is 0 Å². The van der Waals surface area contributed by atoms with Crippen LogP contribution in [0.1, 0.15) is 36.4 Å². The maximum Gasteiger partial charge on any atom is 0.266 e. The topological polar surface area (TPSA) is 59.2 Å². The lowest BCUT2D eigenvalue weighted by Crippen LogP contribution is -2.38. The number of fused-ring (bicyclic) bond motifs is 1. The summed E-state index contributed by atoms with van der Waals surface area (Å²) in [6.07, 6.45) is 4.18. The van der Waals surface area contributed by atoms with Crippen molar-refractivity contribution in [2.75, 3.05) is 12.3 Å². The molecule has 0 spiro atoms. The minimum atomic E-state index is 0.0485. The van der Waals surface area contributed by atoms with Gasteiger partial charge in [-0.05, 0) is 44.7 Å². The molecule has 0 bridgehead atoms.